The van der Waals surface area contributed by atoms with E-state index >= 15 is 0 Å². The number of thioether (sulfide) groups is 1. The topological polar surface area (TPSA) is 87.8 Å². The van der Waals surface area contributed by atoms with Crippen molar-refractivity contribution in [1.82, 2.24) is 14.5 Å². The van der Waals surface area contributed by atoms with Gasteiger partial charge in [-0.25, -0.2) is 4.79 Å². The lowest BCUT2D eigenvalue weighted by atomic mass is 9.94. The highest BCUT2D eigenvalue weighted by atomic mass is 32.2. The van der Waals surface area contributed by atoms with Gasteiger partial charge in [-0.2, -0.15) is 0 Å². The molecule has 2 N–H and O–H groups in total. The number of aromatic nitrogens is 2. The summed E-state index contributed by atoms with van der Waals surface area (Å²) in [6, 6.07) is 15.9. The van der Waals surface area contributed by atoms with Crippen molar-refractivity contribution in [3.63, 3.8) is 0 Å². The first kappa shape index (κ1) is 27.2. The molecule has 39 heavy (non-hydrogen) atoms. The maximum absolute atomic E-state index is 13.5. The second-order valence-electron chi connectivity index (χ2n) is 10.0. The number of phenols is 1. The third kappa shape index (κ3) is 5.69. The Bertz CT molecular complexity index is 1440. The molecule has 0 amide bonds. The van der Waals surface area contributed by atoms with Gasteiger partial charge in [0.25, 0.3) is 0 Å². The van der Waals surface area contributed by atoms with Crippen molar-refractivity contribution in [3.8, 4) is 16.9 Å². The number of benzene rings is 2. The number of carbonyl (C=O) groups excluding carboxylic acids is 1. The third-order valence-corrected chi connectivity index (χ3v) is 8.52. The van der Waals surface area contributed by atoms with Gasteiger partial charge in [-0.1, -0.05) is 24.3 Å². The van der Waals surface area contributed by atoms with Gasteiger partial charge in [0.1, 0.15) is 5.75 Å². The molecule has 4 aromatic rings. The average Bonchev–Trinajstić information content (AvgIpc) is 3.25. The van der Waals surface area contributed by atoms with Crippen LogP contribution in [0, 0.1) is 5.92 Å². The maximum atomic E-state index is 13.5. The minimum absolute atomic E-state index is 0.147. The van der Waals surface area contributed by atoms with E-state index in [1.165, 1.54) is 0 Å². The van der Waals surface area contributed by atoms with Gasteiger partial charge < -0.3 is 19.5 Å². The van der Waals surface area contributed by atoms with Gasteiger partial charge in [0.2, 0.25) is 0 Å². The molecule has 8 heteroatoms. The molecule has 0 bridgehead atoms. The van der Waals surface area contributed by atoms with Gasteiger partial charge in [0.05, 0.1) is 17.7 Å². The molecule has 0 radical (unpaired) electrons. The molecule has 3 heterocycles. The highest BCUT2D eigenvalue weighted by Gasteiger charge is 2.29. The normalized spacial score (nSPS) is 16.0. The Balaban J connectivity index is 1.70. The van der Waals surface area contributed by atoms with E-state index in [1.54, 1.807) is 24.2 Å². The second-order valence-corrected chi connectivity index (χ2v) is 11.1. The van der Waals surface area contributed by atoms with E-state index in [4.69, 9.17) is 4.74 Å². The average molecular weight is 546 g/mol. The zero-order valence-electron chi connectivity index (χ0n) is 22.5. The molecule has 1 unspecified atom stereocenters. The molecule has 0 spiro atoms. The fraction of sp³-hybridized carbons (Fsp3) is 0.355. The summed E-state index contributed by atoms with van der Waals surface area (Å²) < 4.78 is 7.64. The summed E-state index contributed by atoms with van der Waals surface area (Å²) in [4.78, 5) is 21.2. The first-order valence-corrected chi connectivity index (χ1v) is 14.4. The zero-order valence-corrected chi connectivity index (χ0v) is 23.3. The van der Waals surface area contributed by atoms with Gasteiger partial charge in [-0.3, -0.25) is 9.88 Å². The largest absolute Gasteiger partial charge is 0.507 e. The SMILES string of the molecule is CCOC(=O)c1c(CSc2ccccc2)n(C)c2cc(-c3cccnc3)c(O)c(CN3CCCC(CO)C3)c12. The summed E-state index contributed by atoms with van der Waals surface area (Å²) in [5, 5.41) is 22.3. The van der Waals surface area contributed by atoms with Gasteiger partial charge >= 0.3 is 5.97 Å². The summed E-state index contributed by atoms with van der Waals surface area (Å²) >= 11 is 1.66. The van der Waals surface area contributed by atoms with Crippen LogP contribution in [0.5, 0.6) is 5.75 Å². The number of hydrogen-bond donors (Lipinski definition) is 2. The molecular formula is C31H35N3O4S. The number of rotatable bonds is 9. The van der Waals surface area contributed by atoms with Crippen LogP contribution in [0.25, 0.3) is 22.0 Å². The molecule has 1 fully saturated rings. The van der Waals surface area contributed by atoms with Crippen LogP contribution < -0.4 is 0 Å². The van der Waals surface area contributed by atoms with E-state index in [0.717, 1.165) is 53.0 Å². The van der Waals surface area contributed by atoms with Crippen molar-refractivity contribution in [2.75, 3.05) is 26.3 Å². The number of aryl methyl sites for hydroxylation is 1. The van der Waals surface area contributed by atoms with Gasteiger partial charge in [0, 0.05) is 77.6 Å². The molecule has 2 aromatic carbocycles. The molecule has 5 rings (SSSR count). The number of ether oxygens (including phenoxy) is 1. The van der Waals surface area contributed by atoms with E-state index in [-0.39, 0.29) is 30.9 Å². The third-order valence-electron chi connectivity index (χ3n) is 7.50. The monoisotopic (exact) mass is 545 g/mol. The molecule has 1 atom stereocenters. The minimum Gasteiger partial charge on any atom is -0.507 e. The number of phenolic OH excluding ortho intramolecular Hbond substituents is 1. The van der Waals surface area contributed by atoms with Gasteiger partial charge in [0.15, 0.2) is 0 Å². The quantitative estimate of drug-likeness (QED) is 0.209. The van der Waals surface area contributed by atoms with Crippen LogP contribution in [-0.2, 0) is 24.1 Å². The summed E-state index contributed by atoms with van der Waals surface area (Å²) in [6.45, 7) is 4.30. The van der Waals surface area contributed by atoms with Crippen molar-refractivity contribution in [3.05, 3.63) is 77.7 Å². The van der Waals surface area contributed by atoms with Crippen LogP contribution in [0.3, 0.4) is 0 Å². The van der Waals surface area contributed by atoms with Crippen molar-refractivity contribution in [2.45, 2.75) is 37.0 Å². The van der Waals surface area contributed by atoms with Crippen molar-refractivity contribution in [1.29, 1.82) is 0 Å². The van der Waals surface area contributed by atoms with Crippen molar-refractivity contribution < 1.29 is 19.7 Å². The van der Waals surface area contributed by atoms with Gasteiger partial charge in [-0.15, -0.1) is 11.8 Å². The lowest BCUT2D eigenvalue weighted by Gasteiger charge is -2.32. The second kappa shape index (κ2) is 12.2. The summed E-state index contributed by atoms with van der Waals surface area (Å²) in [6.07, 6.45) is 5.43. The highest BCUT2D eigenvalue weighted by Crippen LogP contribution is 2.43. The number of pyridine rings is 1. The lowest BCUT2D eigenvalue weighted by molar-refractivity contribution is 0.0527. The van der Waals surface area contributed by atoms with Crippen LogP contribution in [0.15, 0.2) is 65.8 Å². The number of nitrogens with zero attached hydrogens (tertiary/aromatic N) is 3. The van der Waals surface area contributed by atoms with Crippen LogP contribution in [-0.4, -0.2) is 56.9 Å². The number of esters is 1. The number of carbonyl (C=O) groups is 1. The zero-order chi connectivity index (χ0) is 27.4. The Labute approximate surface area is 233 Å². The summed E-state index contributed by atoms with van der Waals surface area (Å²) in [5.41, 5.74) is 4.43. The molecule has 1 aliphatic rings. The number of fused-ring (bicyclic) bond motifs is 1. The molecule has 1 aliphatic heterocycles. The standard InChI is InChI=1S/C31H35N3O4S/c1-3-38-31(37)29-27(20-39-23-11-5-4-6-12-23)33(2)26-15-24(22-10-7-13-32-16-22)30(36)25(28(26)29)18-34-14-8-9-21(17-34)19-35/h4-7,10-13,15-16,21,35-36H,3,8-9,14,17-20H2,1-2H3. The predicted octanol–water partition coefficient (Wildman–Crippen LogP) is 5.62. The number of aromatic hydroxyl groups is 1. The first-order chi connectivity index (χ1) is 19.0. The van der Waals surface area contributed by atoms with E-state index in [9.17, 15) is 15.0 Å². The summed E-state index contributed by atoms with van der Waals surface area (Å²) in [5.74, 6) is 0.548. The Morgan fingerprint density at radius 2 is 2.03 bits per heavy atom. The fourth-order valence-corrected chi connectivity index (χ4v) is 6.53. The fourth-order valence-electron chi connectivity index (χ4n) is 5.54. The van der Waals surface area contributed by atoms with Crippen molar-refractivity contribution in [2.24, 2.45) is 13.0 Å². The Morgan fingerprint density at radius 3 is 2.74 bits per heavy atom. The van der Waals surface area contributed by atoms with Crippen LogP contribution in [0.2, 0.25) is 0 Å². The molecule has 2 aromatic heterocycles. The van der Waals surface area contributed by atoms with E-state index in [0.29, 0.717) is 29.0 Å². The number of hydrogen-bond acceptors (Lipinski definition) is 7. The molecule has 0 aliphatic carbocycles. The molecule has 0 saturated carbocycles. The highest BCUT2D eigenvalue weighted by molar-refractivity contribution is 7.98. The Hall–Kier alpha value is -3.33. The lowest BCUT2D eigenvalue weighted by Crippen LogP contribution is -2.36. The smallest absolute Gasteiger partial charge is 0.340 e. The number of aliphatic hydroxyl groups excluding tert-OH is 1. The molecule has 1 saturated heterocycles. The van der Waals surface area contributed by atoms with Gasteiger partial charge in [-0.05, 0) is 56.5 Å². The number of likely N-dealkylation sites (tertiary alicyclic amines) is 1. The van der Waals surface area contributed by atoms with Crippen LogP contribution in [0.1, 0.15) is 41.4 Å². The van der Waals surface area contributed by atoms with Crippen LogP contribution in [0.4, 0.5) is 0 Å². The van der Waals surface area contributed by atoms with Crippen molar-refractivity contribution >= 4 is 28.6 Å². The van der Waals surface area contributed by atoms with E-state index in [2.05, 4.69) is 26.6 Å². The molecule has 204 valence electrons. The first-order valence-electron chi connectivity index (χ1n) is 13.5. The maximum Gasteiger partial charge on any atom is 0.340 e. The minimum atomic E-state index is -0.381. The number of piperidine rings is 1. The Kier molecular flexibility index (Phi) is 8.55. The number of aliphatic hydroxyl groups is 1. The van der Waals surface area contributed by atoms with E-state index < -0.39 is 0 Å². The molecular weight excluding hydrogens is 510 g/mol. The van der Waals surface area contributed by atoms with E-state index in [1.807, 2.05) is 50.4 Å². The summed E-state index contributed by atoms with van der Waals surface area (Å²) in [7, 11) is 1.97. The van der Waals surface area contributed by atoms with Crippen LogP contribution >= 0.6 is 11.8 Å². The Morgan fingerprint density at radius 1 is 1.21 bits per heavy atom. The molecule has 7 nitrogen and oxygen atoms in total. The predicted molar refractivity (Wildman–Crippen MR) is 155 cm³/mol.